The Kier molecular flexibility index (Phi) is 2.22. The van der Waals surface area contributed by atoms with Crippen LogP contribution < -0.4 is 5.73 Å². The van der Waals surface area contributed by atoms with E-state index in [-0.39, 0.29) is 0 Å². The third-order valence-corrected chi connectivity index (χ3v) is 1.67. The van der Waals surface area contributed by atoms with Crippen molar-refractivity contribution in [3.63, 3.8) is 0 Å². The standard InChI is InChI=1S/C8H11NS/c1-2-6-3-7(9)5-8(10)4-6/h3-5,10H,2,9H2,1H3. The predicted octanol–water partition coefficient (Wildman–Crippen LogP) is 2.12. The molecule has 2 N–H and O–H groups in total. The Morgan fingerprint density at radius 3 is 2.60 bits per heavy atom. The average Bonchev–Trinajstić information content (AvgIpc) is 1.85. The highest BCUT2D eigenvalue weighted by molar-refractivity contribution is 7.80. The number of rotatable bonds is 1. The second-order valence-electron chi connectivity index (χ2n) is 2.29. The molecule has 54 valence electrons. The molecule has 0 radical (unpaired) electrons. The zero-order valence-electron chi connectivity index (χ0n) is 5.96. The molecule has 0 aliphatic heterocycles. The molecule has 1 rings (SSSR count). The molecule has 0 unspecified atom stereocenters. The van der Waals surface area contributed by atoms with Crippen LogP contribution in [0.2, 0.25) is 0 Å². The van der Waals surface area contributed by atoms with E-state index >= 15 is 0 Å². The third kappa shape index (κ3) is 1.67. The first kappa shape index (κ1) is 7.48. The van der Waals surface area contributed by atoms with E-state index in [0.717, 1.165) is 17.0 Å². The lowest BCUT2D eigenvalue weighted by atomic mass is 10.1. The molecular formula is C8H11NS. The lowest BCUT2D eigenvalue weighted by Crippen LogP contribution is -1.87. The Hall–Kier alpha value is -0.630. The first-order valence-electron chi connectivity index (χ1n) is 3.30. The minimum Gasteiger partial charge on any atom is -0.399 e. The van der Waals surface area contributed by atoms with Crippen molar-refractivity contribution >= 4 is 18.3 Å². The Bertz CT molecular complexity index is 212. The fraction of sp³-hybridized carbons (Fsp3) is 0.250. The predicted molar refractivity (Wildman–Crippen MR) is 47.5 cm³/mol. The van der Waals surface area contributed by atoms with Gasteiger partial charge in [-0.3, -0.25) is 0 Å². The minimum absolute atomic E-state index is 0.796. The molecular weight excluding hydrogens is 142 g/mol. The van der Waals surface area contributed by atoms with Gasteiger partial charge in [-0.2, -0.15) is 0 Å². The summed E-state index contributed by atoms with van der Waals surface area (Å²) in [7, 11) is 0. The molecule has 0 bridgehead atoms. The van der Waals surface area contributed by atoms with Crippen molar-refractivity contribution in [2.45, 2.75) is 18.2 Å². The third-order valence-electron chi connectivity index (χ3n) is 1.41. The summed E-state index contributed by atoms with van der Waals surface area (Å²) in [5, 5.41) is 0. The maximum Gasteiger partial charge on any atom is 0.0327 e. The summed E-state index contributed by atoms with van der Waals surface area (Å²) < 4.78 is 0. The molecule has 0 saturated heterocycles. The van der Waals surface area contributed by atoms with Crippen molar-refractivity contribution < 1.29 is 0 Å². The van der Waals surface area contributed by atoms with Crippen LogP contribution in [0.15, 0.2) is 23.1 Å². The average molecular weight is 153 g/mol. The minimum atomic E-state index is 0.796. The Morgan fingerprint density at radius 1 is 1.40 bits per heavy atom. The molecule has 0 amide bonds. The molecule has 0 aliphatic rings. The highest BCUT2D eigenvalue weighted by Gasteiger charge is 1.92. The number of nitrogens with two attached hydrogens (primary N) is 1. The molecule has 0 spiro atoms. The van der Waals surface area contributed by atoms with Crippen molar-refractivity contribution in [2.24, 2.45) is 0 Å². The van der Waals surface area contributed by atoms with Gasteiger partial charge in [0, 0.05) is 10.6 Å². The van der Waals surface area contributed by atoms with Gasteiger partial charge in [0.15, 0.2) is 0 Å². The lowest BCUT2D eigenvalue weighted by molar-refractivity contribution is 1.13. The SMILES string of the molecule is CCc1cc(N)cc(S)c1. The van der Waals surface area contributed by atoms with E-state index in [0.29, 0.717) is 0 Å². The Balaban J connectivity index is 3.06. The second kappa shape index (κ2) is 2.97. The highest BCUT2D eigenvalue weighted by atomic mass is 32.1. The second-order valence-corrected chi connectivity index (χ2v) is 2.80. The number of thiol groups is 1. The van der Waals surface area contributed by atoms with Gasteiger partial charge in [0.2, 0.25) is 0 Å². The van der Waals surface area contributed by atoms with E-state index in [4.69, 9.17) is 5.73 Å². The van der Waals surface area contributed by atoms with Gasteiger partial charge in [-0.25, -0.2) is 0 Å². The molecule has 0 saturated carbocycles. The Labute approximate surface area is 66.7 Å². The molecule has 1 aromatic rings. The van der Waals surface area contributed by atoms with Crippen LogP contribution in [0.1, 0.15) is 12.5 Å². The fourth-order valence-corrected chi connectivity index (χ4v) is 1.22. The van der Waals surface area contributed by atoms with Crippen molar-refractivity contribution in [3.8, 4) is 0 Å². The van der Waals surface area contributed by atoms with E-state index in [1.807, 2.05) is 18.2 Å². The first-order chi connectivity index (χ1) is 4.72. The van der Waals surface area contributed by atoms with Gasteiger partial charge in [0.05, 0.1) is 0 Å². The monoisotopic (exact) mass is 153 g/mol. The van der Waals surface area contributed by atoms with E-state index in [2.05, 4.69) is 19.6 Å². The summed E-state index contributed by atoms with van der Waals surface area (Å²) >= 11 is 4.20. The van der Waals surface area contributed by atoms with Crippen LogP contribution in [0.25, 0.3) is 0 Å². The van der Waals surface area contributed by atoms with Gasteiger partial charge in [-0.1, -0.05) is 6.92 Å². The number of nitrogen functional groups attached to an aromatic ring is 1. The van der Waals surface area contributed by atoms with Crippen LogP contribution in [-0.4, -0.2) is 0 Å². The lowest BCUT2D eigenvalue weighted by Gasteiger charge is -1.99. The molecule has 0 atom stereocenters. The molecule has 0 fully saturated rings. The van der Waals surface area contributed by atoms with Crippen LogP contribution in [0.4, 0.5) is 5.69 Å². The summed E-state index contributed by atoms with van der Waals surface area (Å²) in [6.07, 6.45) is 1.01. The Morgan fingerprint density at radius 2 is 2.10 bits per heavy atom. The van der Waals surface area contributed by atoms with Gasteiger partial charge < -0.3 is 5.73 Å². The maximum atomic E-state index is 5.59. The number of hydrogen-bond acceptors (Lipinski definition) is 2. The van der Waals surface area contributed by atoms with Crippen LogP contribution in [0, 0.1) is 0 Å². The van der Waals surface area contributed by atoms with Gasteiger partial charge in [0.25, 0.3) is 0 Å². The van der Waals surface area contributed by atoms with Crippen molar-refractivity contribution in [1.29, 1.82) is 0 Å². The number of hydrogen-bond donors (Lipinski definition) is 2. The van der Waals surface area contributed by atoms with Crippen molar-refractivity contribution in [3.05, 3.63) is 23.8 Å². The van der Waals surface area contributed by atoms with Gasteiger partial charge in [-0.15, -0.1) is 12.6 Å². The molecule has 1 aromatic carbocycles. The maximum absolute atomic E-state index is 5.59. The smallest absolute Gasteiger partial charge is 0.0327 e. The molecule has 2 heteroatoms. The van der Waals surface area contributed by atoms with E-state index in [9.17, 15) is 0 Å². The number of aryl methyl sites for hydroxylation is 1. The topological polar surface area (TPSA) is 26.0 Å². The zero-order chi connectivity index (χ0) is 7.56. The largest absolute Gasteiger partial charge is 0.399 e. The molecule has 1 nitrogen and oxygen atoms in total. The van der Waals surface area contributed by atoms with Gasteiger partial charge in [0.1, 0.15) is 0 Å². The normalized spacial score (nSPS) is 9.80. The summed E-state index contributed by atoms with van der Waals surface area (Å²) in [6, 6.07) is 5.85. The first-order valence-corrected chi connectivity index (χ1v) is 3.75. The molecule has 0 heterocycles. The van der Waals surface area contributed by atoms with Crippen LogP contribution in [0.5, 0.6) is 0 Å². The summed E-state index contributed by atoms with van der Waals surface area (Å²) in [6.45, 7) is 2.10. The van der Waals surface area contributed by atoms with Gasteiger partial charge >= 0.3 is 0 Å². The summed E-state index contributed by atoms with van der Waals surface area (Å²) in [5.74, 6) is 0. The van der Waals surface area contributed by atoms with E-state index < -0.39 is 0 Å². The number of benzene rings is 1. The summed E-state index contributed by atoms with van der Waals surface area (Å²) in [5.41, 5.74) is 7.62. The fourth-order valence-electron chi connectivity index (χ4n) is 0.904. The highest BCUT2D eigenvalue weighted by Crippen LogP contribution is 2.14. The summed E-state index contributed by atoms with van der Waals surface area (Å²) in [4.78, 5) is 0.942. The van der Waals surface area contributed by atoms with Crippen molar-refractivity contribution in [1.82, 2.24) is 0 Å². The van der Waals surface area contributed by atoms with Crippen LogP contribution in [-0.2, 0) is 6.42 Å². The quantitative estimate of drug-likeness (QED) is 0.469. The van der Waals surface area contributed by atoms with E-state index in [1.54, 1.807) is 0 Å². The number of anilines is 1. The zero-order valence-corrected chi connectivity index (χ0v) is 6.86. The molecule has 0 aromatic heterocycles. The molecule has 10 heavy (non-hydrogen) atoms. The van der Waals surface area contributed by atoms with Gasteiger partial charge in [-0.05, 0) is 30.2 Å². The van der Waals surface area contributed by atoms with E-state index in [1.165, 1.54) is 5.56 Å². The molecule has 0 aliphatic carbocycles. The van der Waals surface area contributed by atoms with Crippen LogP contribution in [0.3, 0.4) is 0 Å². The van der Waals surface area contributed by atoms with Crippen LogP contribution >= 0.6 is 12.6 Å². The van der Waals surface area contributed by atoms with Crippen molar-refractivity contribution in [2.75, 3.05) is 5.73 Å².